The topological polar surface area (TPSA) is 29.9 Å². The van der Waals surface area contributed by atoms with Gasteiger partial charge >= 0.3 is 0 Å². The van der Waals surface area contributed by atoms with Crippen molar-refractivity contribution in [2.45, 2.75) is 51.1 Å². The molecule has 1 fully saturated rings. The van der Waals surface area contributed by atoms with Gasteiger partial charge < -0.3 is 9.88 Å². The van der Waals surface area contributed by atoms with Crippen molar-refractivity contribution in [3.05, 3.63) is 41.7 Å². The van der Waals surface area contributed by atoms with E-state index in [0.717, 1.165) is 19.5 Å². The maximum atomic E-state index is 5.00. The maximum Gasteiger partial charge on any atom is 0.140 e. The van der Waals surface area contributed by atoms with E-state index in [-0.39, 0.29) is 0 Å². The summed E-state index contributed by atoms with van der Waals surface area (Å²) in [6.07, 6.45) is 7.88. The van der Waals surface area contributed by atoms with Crippen molar-refractivity contribution in [2.75, 3.05) is 6.54 Å². The lowest BCUT2D eigenvalue weighted by Gasteiger charge is -2.28. The number of nitrogens with zero attached hydrogens (tertiary/aromatic N) is 2. The van der Waals surface area contributed by atoms with Crippen LogP contribution in [0.5, 0.6) is 0 Å². The molecule has 1 aromatic carbocycles. The van der Waals surface area contributed by atoms with E-state index in [1.54, 1.807) is 0 Å². The van der Waals surface area contributed by atoms with Gasteiger partial charge in [-0.05, 0) is 12.8 Å². The number of hydrogen-bond donors (Lipinski definition) is 1. The van der Waals surface area contributed by atoms with Crippen molar-refractivity contribution in [1.29, 1.82) is 0 Å². The largest absolute Gasteiger partial charge is 0.325 e. The highest BCUT2D eigenvalue weighted by atomic mass is 15.1. The van der Waals surface area contributed by atoms with Gasteiger partial charge in [-0.15, -0.1) is 0 Å². The normalized spacial score (nSPS) is 19.4. The first-order chi connectivity index (χ1) is 10.4. The quantitative estimate of drug-likeness (QED) is 0.909. The Bertz CT molecular complexity index is 609. The van der Waals surface area contributed by atoms with E-state index < -0.39 is 0 Å². The summed E-state index contributed by atoms with van der Waals surface area (Å²) >= 11 is 0. The average Bonchev–Trinajstić information content (AvgIpc) is 2.96. The summed E-state index contributed by atoms with van der Waals surface area (Å²) in [5, 5.41) is 3.46. The van der Waals surface area contributed by atoms with Crippen LogP contribution in [-0.4, -0.2) is 16.1 Å². The number of hydrogen-bond acceptors (Lipinski definition) is 2. The molecule has 0 bridgehead atoms. The van der Waals surface area contributed by atoms with Gasteiger partial charge in [0.2, 0.25) is 0 Å². The predicted octanol–water partition coefficient (Wildman–Crippen LogP) is 3.70. The standard InChI is InChI=1S/C18H23N3/c1-3-7-14(8-4-1)18-20-16-13-19-12-11-17(16)21(18)15-9-5-2-6-10-15/h1,3-4,7-8,15,19H,2,5-6,9-13H2. The van der Waals surface area contributed by atoms with Crippen LogP contribution in [0.15, 0.2) is 30.3 Å². The smallest absolute Gasteiger partial charge is 0.140 e. The van der Waals surface area contributed by atoms with E-state index in [0.29, 0.717) is 6.04 Å². The number of nitrogens with one attached hydrogen (secondary N) is 1. The molecule has 0 unspecified atom stereocenters. The van der Waals surface area contributed by atoms with E-state index >= 15 is 0 Å². The lowest BCUT2D eigenvalue weighted by atomic mass is 9.94. The van der Waals surface area contributed by atoms with E-state index in [1.165, 1.54) is 54.9 Å². The highest BCUT2D eigenvalue weighted by molar-refractivity contribution is 5.57. The fourth-order valence-corrected chi connectivity index (χ4v) is 3.86. The predicted molar refractivity (Wildman–Crippen MR) is 85.2 cm³/mol. The van der Waals surface area contributed by atoms with Crippen LogP contribution in [0.4, 0.5) is 0 Å². The zero-order valence-electron chi connectivity index (χ0n) is 12.5. The summed E-state index contributed by atoms with van der Waals surface area (Å²) in [6, 6.07) is 11.4. The first-order valence-corrected chi connectivity index (χ1v) is 8.29. The van der Waals surface area contributed by atoms with Gasteiger partial charge in [0.05, 0.1) is 5.69 Å². The molecular weight excluding hydrogens is 258 g/mol. The Morgan fingerprint density at radius 3 is 2.67 bits per heavy atom. The third-order valence-corrected chi connectivity index (χ3v) is 4.90. The number of fused-ring (bicyclic) bond motifs is 1. The molecule has 2 aliphatic rings. The molecule has 0 spiro atoms. The molecule has 2 aromatic rings. The second kappa shape index (κ2) is 5.64. The summed E-state index contributed by atoms with van der Waals surface area (Å²) in [5.74, 6) is 1.19. The van der Waals surface area contributed by atoms with Crippen LogP contribution in [0.1, 0.15) is 49.5 Å². The van der Waals surface area contributed by atoms with Gasteiger partial charge in [0, 0.05) is 36.8 Å². The third kappa shape index (κ3) is 2.40. The van der Waals surface area contributed by atoms with Crippen molar-refractivity contribution in [1.82, 2.24) is 14.9 Å². The Hall–Kier alpha value is -1.61. The lowest BCUT2D eigenvalue weighted by Crippen LogP contribution is -2.26. The van der Waals surface area contributed by atoms with Crippen LogP contribution in [0.2, 0.25) is 0 Å². The number of aromatic nitrogens is 2. The molecule has 1 aliphatic carbocycles. The van der Waals surface area contributed by atoms with Crippen LogP contribution in [0, 0.1) is 0 Å². The Labute approximate surface area is 126 Å². The summed E-state index contributed by atoms with van der Waals surface area (Å²) < 4.78 is 2.59. The van der Waals surface area contributed by atoms with Gasteiger partial charge in [-0.2, -0.15) is 0 Å². The highest BCUT2D eigenvalue weighted by Crippen LogP contribution is 2.35. The molecule has 1 N–H and O–H groups in total. The van der Waals surface area contributed by atoms with Crippen LogP contribution in [0.3, 0.4) is 0 Å². The molecule has 3 nitrogen and oxygen atoms in total. The summed E-state index contributed by atoms with van der Waals surface area (Å²) in [4.78, 5) is 5.00. The molecule has 21 heavy (non-hydrogen) atoms. The van der Waals surface area contributed by atoms with Crippen LogP contribution >= 0.6 is 0 Å². The minimum atomic E-state index is 0.656. The molecule has 0 radical (unpaired) electrons. The van der Waals surface area contributed by atoms with Gasteiger partial charge in [-0.25, -0.2) is 4.98 Å². The van der Waals surface area contributed by atoms with Crippen LogP contribution in [-0.2, 0) is 13.0 Å². The Kier molecular flexibility index (Phi) is 3.52. The van der Waals surface area contributed by atoms with Gasteiger partial charge in [-0.1, -0.05) is 49.6 Å². The molecule has 3 heteroatoms. The second-order valence-electron chi connectivity index (χ2n) is 6.28. The fraction of sp³-hybridized carbons (Fsp3) is 0.500. The minimum absolute atomic E-state index is 0.656. The second-order valence-corrected chi connectivity index (χ2v) is 6.28. The van der Waals surface area contributed by atoms with Crippen molar-refractivity contribution < 1.29 is 0 Å². The van der Waals surface area contributed by atoms with E-state index in [4.69, 9.17) is 4.98 Å². The van der Waals surface area contributed by atoms with Crippen molar-refractivity contribution in [3.63, 3.8) is 0 Å². The van der Waals surface area contributed by atoms with Gasteiger partial charge in [0.15, 0.2) is 0 Å². The zero-order valence-corrected chi connectivity index (χ0v) is 12.5. The molecule has 1 aromatic heterocycles. The third-order valence-electron chi connectivity index (χ3n) is 4.90. The molecule has 2 heterocycles. The molecular formula is C18H23N3. The SMILES string of the molecule is c1ccc(-c2nc3c(n2C2CCCCC2)CCNC3)cc1. The summed E-state index contributed by atoms with van der Waals surface area (Å²) in [7, 11) is 0. The molecule has 0 atom stereocenters. The lowest BCUT2D eigenvalue weighted by molar-refractivity contribution is 0.347. The fourth-order valence-electron chi connectivity index (χ4n) is 3.86. The van der Waals surface area contributed by atoms with E-state index in [9.17, 15) is 0 Å². The highest BCUT2D eigenvalue weighted by Gasteiger charge is 2.26. The number of rotatable bonds is 2. The van der Waals surface area contributed by atoms with E-state index in [2.05, 4.69) is 40.2 Å². The molecule has 110 valence electrons. The Balaban J connectivity index is 1.83. The summed E-state index contributed by atoms with van der Waals surface area (Å²) in [6.45, 7) is 2.01. The Morgan fingerprint density at radius 1 is 1.05 bits per heavy atom. The molecule has 1 saturated carbocycles. The average molecular weight is 281 g/mol. The number of benzene rings is 1. The minimum Gasteiger partial charge on any atom is -0.325 e. The van der Waals surface area contributed by atoms with Gasteiger partial charge in [0.25, 0.3) is 0 Å². The van der Waals surface area contributed by atoms with E-state index in [1.807, 2.05) is 0 Å². The number of imidazole rings is 1. The van der Waals surface area contributed by atoms with Gasteiger partial charge in [0.1, 0.15) is 5.82 Å². The maximum absolute atomic E-state index is 5.00. The van der Waals surface area contributed by atoms with Crippen molar-refractivity contribution in [2.24, 2.45) is 0 Å². The van der Waals surface area contributed by atoms with Crippen LogP contribution in [0.25, 0.3) is 11.4 Å². The van der Waals surface area contributed by atoms with Crippen molar-refractivity contribution >= 4 is 0 Å². The monoisotopic (exact) mass is 281 g/mol. The molecule has 0 saturated heterocycles. The molecule has 0 amide bonds. The molecule has 1 aliphatic heterocycles. The molecule has 4 rings (SSSR count). The first-order valence-electron chi connectivity index (χ1n) is 8.29. The zero-order chi connectivity index (χ0) is 14.1. The first kappa shape index (κ1) is 13.1. The van der Waals surface area contributed by atoms with Gasteiger partial charge in [-0.3, -0.25) is 0 Å². The summed E-state index contributed by atoms with van der Waals surface area (Å²) in [5.41, 5.74) is 4.02. The Morgan fingerprint density at radius 2 is 1.86 bits per heavy atom. The van der Waals surface area contributed by atoms with Crippen molar-refractivity contribution in [3.8, 4) is 11.4 Å². The van der Waals surface area contributed by atoms with Crippen LogP contribution < -0.4 is 5.32 Å².